The minimum absolute atomic E-state index is 0.00387. The number of aromatic nitrogens is 3. The fraction of sp³-hybridized carbons (Fsp3) is 0.333. The first-order valence-electron chi connectivity index (χ1n) is 8.85. The number of carbonyl (C=O) groups excluding carboxylic acids is 1. The van der Waals surface area contributed by atoms with Gasteiger partial charge in [0.1, 0.15) is 5.69 Å². The Bertz CT molecular complexity index is 1030. The fourth-order valence-corrected chi connectivity index (χ4v) is 3.60. The topological polar surface area (TPSA) is 75.4 Å². The van der Waals surface area contributed by atoms with Crippen LogP contribution in [0.5, 0.6) is 0 Å². The van der Waals surface area contributed by atoms with Crippen LogP contribution < -0.4 is 5.32 Å². The molecule has 0 fully saturated rings. The van der Waals surface area contributed by atoms with Crippen LogP contribution >= 0.6 is 11.6 Å². The Morgan fingerprint density at radius 2 is 2.14 bits per heavy atom. The number of nitrogens with zero attached hydrogens (tertiary/aromatic N) is 5. The second-order valence-electron chi connectivity index (χ2n) is 6.73. The van der Waals surface area contributed by atoms with Crippen molar-refractivity contribution in [3.63, 3.8) is 0 Å². The van der Waals surface area contributed by atoms with Crippen LogP contribution in [-0.4, -0.2) is 44.3 Å². The van der Waals surface area contributed by atoms with E-state index >= 15 is 0 Å². The standard InChI is InChI=1S/C18H16ClF3N6O/c1-10-5-7-23-17(24-10)28-14-6-8-27(9-13(14)25-26-28)16(29)11-3-2-4-12(15(11)19)18(20,21)22/h2-5,7,10H,6,8-9H2,1H3,(H,23,24). The first kappa shape index (κ1) is 19.4. The molecule has 29 heavy (non-hydrogen) atoms. The molecule has 4 rings (SSSR count). The van der Waals surface area contributed by atoms with Crippen molar-refractivity contribution in [1.82, 2.24) is 25.2 Å². The van der Waals surface area contributed by atoms with Crippen LogP contribution in [0.4, 0.5) is 13.2 Å². The highest BCUT2D eigenvalue weighted by atomic mass is 35.5. The van der Waals surface area contributed by atoms with E-state index in [1.165, 1.54) is 17.0 Å². The molecule has 1 N–H and O–H groups in total. The lowest BCUT2D eigenvalue weighted by Crippen LogP contribution is -2.38. The molecule has 1 unspecified atom stereocenters. The lowest BCUT2D eigenvalue weighted by molar-refractivity contribution is -0.137. The maximum absolute atomic E-state index is 13.1. The third-order valence-electron chi connectivity index (χ3n) is 4.74. The average Bonchev–Trinajstić information content (AvgIpc) is 3.10. The van der Waals surface area contributed by atoms with Crippen LogP contribution in [0.1, 0.15) is 34.2 Å². The van der Waals surface area contributed by atoms with Gasteiger partial charge in [-0.25, -0.2) is 4.99 Å². The molecule has 0 aliphatic carbocycles. The summed E-state index contributed by atoms with van der Waals surface area (Å²) in [6, 6.07) is 3.32. The van der Waals surface area contributed by atoms with Gasteiger partial charge in [-0.15, -0.1) is 5.10 Å². The van der Waals surface area contributed by atoms with Crippen molar-refractivity contribution in [2.24, 2.45) is 4.99 Å². The highest BCUT2D eigenvalue weighted by Gasteiger charge is 2.36. The number of hydrogen-bond acceptors (Lipinski definition) is 5. The quantitative estimate of drug-likeness (QED) is 0.764. The molecule has 11 heteroatoms. The molecule has 0 spiro atoms. The second kappa shape index (κ2) is 7.18. The minimum atomic E-state index is -4.63. The molecule has 2 aromatic rings. The van der Waals surface area contributed by atoms with E-state index in [4.69, 9.17) is 11.6 Å². The summed E-state index contributed by atoms with van der Waals surface area (Å²) < 4.78 is 40.9. The molecule has 1 atom stereocenters. The van der Waals surface area contributed by atoms with E-state index in [9.17, 15) is 18.0 Å². The summed E-state index contributed by atoms with van der Waals surface area (Å²) >= 11 is 5.90. The summed E-state index contributed by atoms with van der Waals surface area (Å²) in [6.07, 6.45) is -0.532. The number of benzene rings is 1. The number of fused-ring (bicyclic) bond motifs is 1. The van der Waals surface area contributed by atoms with Crippen LogP contribution in [-0.2, 0) is 19.1 Å². The van der Waals surface area contributed by atoms with E-state index in [0.29, 0.717) is 24.6 Å². The molecule has 0 saturated carbocycles. The van der Waals surface area contributed by atoms with Crippen molar-refractivity contribution in [3.05, 3.63) is 58.0 Å². The fourth-order valence-electron chi connectivity index (χ4n) is 3.29. The van der Waals surface area contributed by atoms with Gasteiger partial charge >= 0.3 is 6.18 Å². The van der Waals surface area contributed by atoms with Crippen LogP contribution in [0, 0.1) is 0 Å². The third-order valence-corrected chi connectivity index (χ3v) is 5.15. The highest BCUT2D eigenvalue weighted by molar-refractivity contribution is 6.34. The van der Waals surface area contributed by atoms with Crippen molar-refractivity contribution in [2.45, 2.75) is 32.1 Å². The number of alkyl halides is 3. The molecule has 1 amide bonds. The maximum atomic E-state index is 13.1. The van der Waals surface area contributed by atoms with Gasteiger partial charge in [-0.3, -0.25) is 4.79 Å². The first-order chi connectivity index (χ1) is 13.8. The summed E-state index contributed by atoms with van der Waals surface area (Å²) in [6.45, 7) is 2.35. The van der Waals surface area contributed by atoms with E-state index < -0.39 is 22.7 Å². The predicted molar refractivity (Wildman–Crippen MR) is 99.5 cm³/mol. The number of carbonyl (C=O) groups is 1. The summed E-state index contributed by atoms with van der Waals surface area (Å²) in [5.41, 5.74) is 0.157. The Balaban J connectivity index is 1.58. The molecule has 1 aromatic heterocycles. The number of aliphatic imine (C=N–C) groups is 1. The maximum Gasteiger partial charge on any atom is 0.417 e. The van der Waals surface area contributed by atoms with Gasteiger partial charge in [-0.05, 0) is 25.1 Å². The molecule has 3 heterocycles. The molecule has 2 aliphatic heterocycles. The summed E-state index contributed by atoms with van der Waals surface area (Å²) in [5, 5.41) is 10.7. The number of hydrogen-bond donors (Lipinski definition) is 1. The van der Waals surface area contributed by atoms with Crippen molar-refractivity contribution < 1.29 is 18.0 Å². The van der Waals surface area contributed by atoms with Gasteiger partial charge in [-0.2, -0.15) is 17.9 Å². The third kappa shape index (κ3) is 3.59. The van der Waals surface area contributed by atoms with Crippen LogP contribution in [0.15, 0.2) is 35.5 Å². The smallest absolute Gasteiger partial charge is 0.332 e. The number of halogens is 4. The van der Waals surface area contributed by atoms with Gasteiger partial charge < -0.3 is 10.2 Å². The van der Waals surface area contributed by atoms with Gasteiger partial charge in [0.2, 0.25) is 5.96 Å². The summed E-state index contributed by atoms with van der Waals surface area (Å²) in [7, 11) is 0. The van der Waals surface area contributed by atoms with Crippen molar-refractivity contribution in [1.29, 1.82) is 0 Å². The van der Waals surface area contributed by atoms with E-state index in [0.717, 1.165) is 11.8 Å². The predicted octanol–water partition coefficient (Wildman–Crippen LogP) is 2.86. The Labute approximate surface area is 168 Å². The monoisotopic (exact) mass is 424 g/mol. The lowest BCUT2D eigenvalue weighted by Gasteiger charge is -2.27. The molecular formula is C18H16ClF3N6O. The van der Waals surface area contributed by atoms with E-state index in [2.05, 4.69) is 20.6 Å². The largest absolute Gasteiger partial charge is 0.417 e. The average molecular weight is 425 g/mol. The second-order valence-corrected chi connectivity index (χ2v) is 7.11. The zero-order valence-corrected chi connectivity index (χ0v) is 16.0. The summed E-state index contributed by atoms with van der Waals surface area (Å²) in [5.74, 6) is -0.0413. The highest BCUT2D eigenvalue weighted by Crippen LogP contribution is 2.36. The number of nitrogens with one attached hydrogen (secondary N) is 1. The molecular weight excluding hydrogens is 409 g/mol. The molecule has 0 bridgehead atoms. The Morgan fingerprint density at radius 1 is 1.34 bits per heavy atom. The van der Waals surface area contributed by atoms with Gasteiger partial charge in [0.05, 0.1) is 34.4 Å². The first-order valence-corrected chi connectivity index (χ1v) is 9.23. The Hall–Kier alpha value is -2.88. The molecule has 0 saturated heterocycles. The normalized spacial score (nSPS) is 18.9. The number of rotatable bonds is 1. The van der Waals surface area contributed by atoms with Crippen molar-refractivity contribution >= 4 is 23.5 Å². The van der Waals surface area contributed by atoms with Gasteiger partial charge in [-0.1, -0.05) is 22.9 Å². The van der Waals surface area contributed by atoms with Crippen LogP contribution in [0.2, 0.25) is 5.02 Å². The van der Waals surface area contributed by atoms with E-state index in [1.807, 2.05) is 13.0 Å². The number of amides is 1. The summed E-state index contributed by atoms with van der Waals surface area (Å²) in [4.78, 5) is 18.7. The molecule has 7 nitrogen and oxygen atoms in total. The lowest BCUT2D eigenvalue weighted by atomic mass is 10.1. The Kier molecular flexibility index (Phi) is 4.81. The zero-order valence-electron chi connectivity index (χ0n) is 15.2. The SMILES string of the molecule is CC1C=CNC(n2nnc3c2CCN(C(=O)c2cccc(C(F)(F)F)c2Cl)C3)=N1. The minimum Gasteiger partial charge on any atom is -0.332 e. The molecule has 2 aliphatic rings. The van der Waals surface area contributed by atoms with Crippen LogP contribution in [0.25, 0.3) is 0 Å². The van der Waals surface area contributed by atoms with Crippen molar-refractivity contribution in [2.75, 3.05) is 6.54 Å². The van der Waals surface area contributed by atoms with Gasteiger partial charge in [0.25, 0.3) is 5.91 Å². The van der Waals surface area contributed by atoms with E-state index in [-0.39, 0.29) is 18.2 Å². The van der Waals surface area contributed by atoms with Crippen molar-refractivity contribution in [3.8, 4) is 0 Å². The van der Waals surface area contributed by atoms with Gasteiger partial charge in [0, 0.05) is 19.2 Å². The Morgan fingerprint density at radius 3 is 2.86 bits per heavy atom. The zero-order chi connectivity index (χ0) is 20.8. The molecule has 1 aromatic carbocycles. The van der Waals surface area contributed by atoms with E-state index in [1.54, 1.807) is 10.9 Å². The van der Waals surface area contributed by atoms with Crippen LogP contribution in [0.3, 0.4) is 0 Å². The van der Waals surface area contributed by atoms with Gasteiger partial charge in [0.15, 0.2) is 0 Å². The molecule has 152 valence electrons. The molecule has 0 radical (unpaired) electrons.